The van der Waals surface area contributed by atoms with Gasteiger partial charge in [0.05, 0.1) is 10.2 Å². The summed E-state index contributed by atoms with van der Waals surface area (Å²) in [6, 6.07) is 9.90. The summed E-state index contributed by atoms with van der Waals surface area (Å²) in [7, 11) is 0. The summed E-state index contributed by atoms with van der Waals surface area (Å²) >= 11 is 3.48. The van der Waals surface area contributed by atoms with Crippen molar-refractivity contribution in [3.8, 4) is 5.75 Å². The average molecular weight is 307 g/mol. The van der Waals surface area contributed by atoms with Crippen molar-refractivity contribution in [2.75, 3.05) is 0 Å². The molecule has 0 saturated carbocycles. The van der Waals surface area contributed by atoms with Crippen molar-refractivity contribution in [3.63, 3.8) is 0 Å². The van der Waals surface area contributed by atoms with E-state index in [9.17, 15) is 0 Å². The highest BCUT2D eigenvalue weighted by molar-refractivity contribution is 9.10. The summed E-state index contributed by atoms with van der Waals surface area (Å²) < 4.78 is 6.67. The zero-order chi connectivity index (χ0) is 13.0. The summed E-state index contributed by atoms with van der Waals surface area (Å²) in [6.07, 6.45) is 1.78. The lowest BCUT2D eigenvalue weighted by Gasteiger charge is -2.08. The van der Waals surface area contributed by atoms with Gasteiger partial charge in [-0.2, -0.15) is 0 Å². The van der Waals surface area contributed by atoms with E-state index in [-0.39, 0.29) is 0 Å². The number of rotatable bonds is 4. The summed E-state index contributed by atoms with van der Waals surface area (Å²) in [4.78, 5) is 4.29. The Hall–Kier alpha value is -1.39. The van der Waals surface area contributed by atoms with Crippen LogP contribution in [0.15, 0.2) is 41.0 Å². The van der Waals surface area contributed by atoms with Crippen molar-refractivity contribution in [1.29, 1.82) is 0 Å². The third kappa shape index (κ3) is 3.31. The lowest BCUT2D eigenvalue weighted by molar-refractivity contribution is 0.299. The largest absolute Gasteiger partial charge is 0.486 e. The maximum absolute atomic E-state index is 5.71. The molecule has 94 valence electrons. The van der Waals surface area contributed by atoms with Crippen LogP contribution in [0.2, 0.25) is 0 Å². The fourth-order valence-corrected chi connectivity index (χ4v) is 2.14. The fourth-order valence-electron chi connectivity index (χ4n) is 1.54. The van der Waals surface area contributed by atoms with Crippen molar-refractivity contribution >= 4 is 15.9 Å². The lowest BCUT2D eigenvalue weighted by atomic mass is 10.2. The summed E-state index contributed by atoms with van der Waals surface area (Å²) in [5.41, 5.74) is 8.63. The molecule has 0 bridgehead atoms. The Labute approximate surface area is 115 Å². The van der Waals surface area contributed by atoms with Crippen LogP contribution in [0, 0.1) is 6.92 Å². The maximum Gasteiger partial charge on any atom is 0.134 e. The number of hydrogen-bond donors (Lipinski definition) is 1. The Morgan fingerprint density at radius 1 is 1.28 bits per heavy atom. The van der Waals surface area contributed by atoms with E-state index >= 15 is 0 Å². The number of pyridine rings is 1. The van der Waals surface area contributed by atoms with E-state index in [1.54, 1.807) is 6.20 Å². The molecule has 0 aliphatic rings. The van der Waals surface area contributed by atoms with Crippen molar-refractivity contribution in [1.82, 2.24) is 4.98 Å². The molecular weight excluding hydrogens is 292 g/mol. The fraction of sp³-hybridized carbons (Fsp3) is 0.214. The normalized spacial score (nSPS) is 10.4. The van der Waals surface area contributed by atoms with E-state index in [0.717, 1.165) is 21.5 Å². The molecule has 0 radical (unpaired) electrons. The number of aromatic nitrogens is 1. The van der Waals surface area contributed by atoms with Crippen LogP contribution in [-0.4, -0.2) is 4.98 Å². The number of hydrogen-bond acceptors (Lipinski definition) is 3. The van der Waals surface area contributed by atoms with Gasteiger partial charge in [-0.05, 0) is 52.2 Å². The van der Waals surface area contributed by atoms with Gasteiger partial charge in [0, 0.05) is 12.7 Å². The van der Waals surface area contributed by atoms with Gasteiger partial charge in [0.25, 0.3) is 0 Å². The number of nitrogens with zero attached hydrogens (tertiary/aromatic N) is 1. The first-order valence-electron chi connectivity index (χ1n) is 5.72. The summed E-state index contributed by atoms with van der Waals surface area (Å²) in [5, 5.41) is 0. The van der Waals surface area contributed by atoms with Gasteiger partial charge in [-0.1, -0.05) is 12.1 Å². The van der Waals surface area contributed by atoms with Gasteiger partial charge < -0.3 is 10.5 Å². The molecule has 0 aliphatic heterocycles. The second-order valence-electron chi connectivity index (χ2n) is 4.08. The molecule has 4 heteroatoms. The molecule has 2 rings (SSSR count). The van der Waals surface area contributed by atoms with Crippen LogP contribution >= 0.6 is 15.9 Å². The molecule has 0 saturated heterocycles. The highest BCUT2D eigenvalue weighted by Gasteiger charge is 2.02. The molecule has 1 heterocycles. The molecule has 18 heavy (non-hydrogen) atoms. The Balaban J connectivity index is 2.02. The first-order chi connectivity index (χ1) is 8.69. The van der Waals surface area contributed by atoms with Crippen molar-refractivity contribution in [2.45, 2.75) is 20.1 Å². The second kappa shape index (κ2) is 5.98. The van der Waals surface area contributed by atoms with Crippen LogP contribution in [0.1, 0.15) is 16.8 Å². The molecule has 3 nitrogen and oxygen atoms in total. The van der Waals surface area contributed by atoms with Gasteiger partial charge >= 0.3 is 0 Å². The average Bonchev–Trinajstić information content (AvgIpc) is 2.38. The van der Waals surface area contributed by atoms with Crippen LogP contribution in [0.3, 0.4) is 0 Å². The minimum Gasteiger partial charge on any atom is -0.486 e. The number of halogens is 1. The minimum atomic E-state index is 0.451. The quantitative estimate of drug-likeness (QED) is 0.943. The number of ether oxygens (including phenoxy) is 1. The van der Waals surface area contributed by atoms with Gasteiger partial charge in [0.1, 0.15) is 12.4 Å². The van der Waals surface area contributed by atoms with Crippen LogP contribution in [0.5, 0.6) is 5.75 Å². The Kier molecular flexibility index (Phi) is 4.33. The van der Waals surface area contributed by atoms with E-state index in [1.807, 2.05) is 37.3 Å². The standard InChI is InChI=1S/C14H15BrN2O/c1-10-2-5-14(13(15)6-10)18-9-12-4-3-11(7-16)8-17-12/h2-6,8H,7,9,16H2,1H3. The first-order valence-corrected chi connectivity index (χ1v) is 6.51. The Morgan fingerprint density at radius 2 is 2.11 bits per heavy atom. The van der Waals surface area contributed by atoms with E-state index in [1.165, 1.54) is 5.56 Å². The molecule has 0 fully saturated rings. The Morgan fingerprint density at radius 3 is 2.72 bits per heavy atom. The molecule has 0 unspecified atom stereocenters. The first kappa shape index (κ1) is 13.1. The van der Waals surface area contributed by atoms with E-state index < -0.39 is 0 Å². The molecular formula is C14H15BrN2O. The van der Waals surface area contributed by atoms with Gasteiger partial charge in [0.15, 0.2) is 0 Å². The molecule has 1 aromatic carbocycles. The van der Waals surface area contributed by atoms with E-state index in [0.29, 0.717) is 13.2 Å². The van der Waals surface area contributed by atoms with Crippen molar-refractivity contribution < 1.29 is 4.74 Å². The molecule has 0 amide bonds. The van der Waals surface area contributed by atoms with E-state index in [2.05, 4.69) is 20.9 Å². The highest BCUT2D eigenvalue weighted by Crippen LogP contribution is 2.26. The zero-order valence-corrected chi connectivity index (χ0v) is 11.8. The molecule has 0 spiro atoms. The number of aryl methyl sites for hydroxylation is 1. The van der Waals surface area contributed by atoms with Crippen molar-refractivity contribution in [3.05, 3.63) is 57.8 Å². The van der Waals surface area contributed by atoms with Crippen molar-refractivity contribution in [2.24, 2.45) is 5.73 Å². The van der Waals surface area contributed by atoms with Gasteiger partial charge in [0.2, 0.25) is 0 Å². The van der Waals surface area contributed by atoms with Gasteiger partial charge in [-0.3, -0.25) is 4.98 Å². The van der Waals surface area contributed by atoms with Crippen LogP contribution in [0.4, 0.5) is 0 Å². The van der Waals surface area contributed by atoms with Crippen LogP contribution in [0.25, 0.3) is 0 Å². The molecule has 0 aliphatic carbocycles. The number of benzene rings is 1. The molecule has 1 aromatic heterocycles. The SMILES string of the molecule is Cc1ccc(OCc2ccc(CN)cn2)c(Br)c1. The second-order valence-corrected chi connectivity index (χ2v) is 4.94. The zero-order valence-electron chi connectivity index (χ0n) is 10.2. The third-order valence-electron chi connectivity index (χ3n) is 2.58. The molecule has 0 atom stereocenters. The summed E-state index contributed by atoms with van der Waals surface area (Å²) in [6.45, 7) is 3.01. The highest BCUT2D eigenvalue weighted by atomic mass is 79.9. The minimum absolute atomic E-state index is 0.451. The van der Waals surface area contributed by atoms with Crippen LogP contribution in [-0.2, 0) is 13.2 Å². The molecule has 2 N–H and O–H groups in total. The lowest BCUT2D eigenvalue weighted by Crippen LogP contribution is -2.01. The van der Waals surface area contributed by atoms with Crippen LogP contribution < -0.4 is 10.5 Å². The van der Waals surface area contributed by atoms with Gasteiger partial charge in [-0.25, -0.2) is 0 Å². The monoisotopic (exact) mass is 306 g/mol. The van der Waals surface area contributed by atoms with E-state index in [4.69, 9.17) is 10.5 Å². The predicted molar refractivity (Wildman–Crippen MR) is 75.3 cm³/mol. The Bertz CT molecular complexity index is 526. The maximum atomic E-state index is 5.71. The third-order valence-corrected chi connectivity index (χ3v) is 3.20. The summed E-state index contributed by atoms with van der Waals surface area (Å²) in [5.74, 6) is 0.824. The topological polar surface area (TPSA) is 48.1 Å². The smallest absolute Gasteiger partial charge is 0.134 e. The van der Waals surface area contributed by atoms with Gasteiger partial charge in [-0.15, -0.1) is 0 Å². The predicted octanol–water partition coefficient (Wildman–Crippen LogP) is 3.19. The number of nitrogens with two attached hydrogens (primary N) is 1. The molecule has 2 aromatic rings.